The Labute approximate surface area is 74.1 Å². The molecule has 0 aromatic heterocycles. The van der Waals surface area contributed by atoms with Crippen LogP contribution in [0.4, 0.5) is 0 Å². The molecule has 0 N–H and O–H groups in total. The van der Waals surface area contributed by atoms with Crippen molar-refractivity contribution in [2.24, 2.45) is 11.8 Å². The Kier molecular flexibility index (Phi) is 3.67. The van der Waals surface area contributed by atoms with Crippen LogP contribution < -0.4 is 0 Å². The van der Waals surface area contributed by atoms with E-state index in [1.165, 1.54) is 6.42 Å². The zero-order valence-corrected chi connectivity index (χ0v) is 8.10. The van der Waals surface area contributed by atoms with E-state index in [2.05, 4.69) is 13.8 Å². The average Bonchev–Trinajstić information content (AvgIpc) is 1.93. The van der Waals surface area contributed by atoms with E-state index in [9.17, 15) is 0 Å². The fourth-order valence-electron chi connectivity index (χ4n) is 1.59. The zero-order valence-electron chi connectivity index (χ0n) is 7.35. The SMILES string of the molecule is CC(C)CC1COCCC1Cl. The molecule has 1 fully saturated rings. The van der Waals surface area contributed by atoms with Crippen molar-refractivity contribution in [3.8, 4) is 0 Å². The molecule has 2 unspecified atom stereocenters. The summed E-state index contributed by atoms with van der Waals surface area (Å²) in [5.41, 5.74) is 0. The van der Waals surface area contributed by atoms with Crippen LogP contribution in [0.3, 0.4) is 0 Å². The van der Waals surface area contributed by atoms with Crippen LogP contribution in [-0.2, 0) is 4.74 Å². The largest absolute Gasteiger partial charge is 0.381 e. The summed E-state index contributed by atoms with van der Waals surface area (Å²) in [6, 6.07) is 0. The minimum Gasteiger partial charge on any atom is -0.381 e. The van der Waals surface area contributed by atoms with E-state index < -0.39 is 0 Å². The molecule has 1 aliphatic heterocycles. The van der Waals surface area contributed by atoms with Gasteiger partial charge in [0.1, 0.15) is 0 Å². The predicted octanol–water partition coefficient (Wildman–Crippen LogP) is 2.68. The van der Waals surface area contributed by atoms with Crippen molar-refractivity contribution in [2.75, 3.05) is 13.2 Å². The highest BCUT2D eigenvalue weighted by Crippen LogP contribution is 2.25. The quantitative estimate of drug-likeness (QED) is 0.588. The summed E-state index contributed by atoms with van der Waals surface area (Å²) in [6.07, 6.45) is 2.23. The molecular weight excluding hydrogens is 160 g/mol. The lowest BCUT2D eigenvalue weighted by Crippen LogP contribution is -2.29. The van der Waals surface area contributed by atoms with Crippen LogP contribution in [0.2, 0.25) is 0 Å². The van der Waals surface area contributed by atoms with E-state index in [1.807, 2.05) is 0 Å². The van der Waals surface area contributed by atoms with Crippen molar-refractivity contribution < 1.29 is 4.74 Å². The average molecular weight is 177 g/mol. The molecule has 1 heterocycles. The van der Waals surface area contributed by atoms with Crippen LogP contribution >= 0.6 is 11.6 Å². The number of hydrogen-bond acceptors (Lipinski definition) is 1. The fourth-order valence-corrected chi connectivity index (χ4v) is 1.86. The first-order chi connectivity index (χ1) is 5.20. The van der Waals surface area contributed by atoms with Crippen LogP contribution in [0.5, 0.6) is 0 Å². The molecule has 0 radical (unpaired) electrons. The summed E-state index contributed by atoms with van der Waals surface area (Å²) < 4.78 is 5.37. The summed E-state index contributed by atoms with van der Waals surface area (Å²) in [7, 11) is 0. The highest BCUT2D eigenvalue weighted by molar-refractivity contribution is 6.20. The Morgan fingerprint density at radius 1 is 1.55 bits per heavy atom. The number of ether oxygens (including phenoxy) is 1. The van der Waals surface area contributed by atoms with Gasteiger partial charge in [-0.05, 0) is 24.7 Å². The molecule has 2 heteroatoms. The summed E-state index contributed by atoms with van der Waals surface area (Å²) in [4.78, 5) is 0. The first kappa shape index (κ1) is 9.34. The molecular formula is C9H17ClO. The van der Waals surface area contributed by atoms with E-state index in [-0.39, 0.29) is 0 Å². The van der Waals surface area contributed by atoms with Gasteiger partial charge in [-0.2, -0.15) is 0 Å². The molecule has 0 bridgehead atoms. The molecule has 0 aromatic rings. The number of hydrogen-bond donors (Lipinski definition) is 0. The topological polar surface area (TPSA) is 9.23 Å². The van der Waals surface area contributed by atoms with Crippen molar-refractivity contribution in [2.45, 2.75) is 32.1 Å². The standard InChI is InChI=1S/C9H17ClO/c1-7(2)5-8-6-11-4-3-9(8)10/h7-9H,3-6H2,1-2H3. The monoisotopic (exact) mass is 176 g/mol. The lowest BCUT2D eigenvalue weighted by atomic mass is 9.92. The van der Waals surface area contributed by atoms with Crippen LogP contribution in [-0.4, -0.2) is 18.6 Å². The van der Waals surface area contributed by atoms with Gasteiger partial charge in [0.05, 0.1) is 6.61 Å². The minimum atomic E-state index is 0.353. The molecule has 11 heavy (non-hydrogen) atoms. The van der Waals surface area contributed by atoms with Crippen LogP contribution in [0.25, 0.3) is 0 Å². The van der Waals surface area contributed by atoms with Gasteiger partial charge in [0.15, 0.2) is 0 Å². The van der Waals surface area contributed by atoms with Gasteiger partial charge in [-0.3, -0.25) is 0 Å². The van der Waals surface area contributed by atoms with Gasteiger partial charge in [0.2, 0.25) is 0 Å². The molecule has 1 aliphatic rings. The lowest BCUT2D eigenvalue weighted by molar-refractivity contribution is 0.0498. The first-order valence-corrected chi connectivity index (χ1v) is 4.85. The Balaban J connectivity index is 2.29. The van der Waals surface area contributed by atoms with Gasteiger partial charge in [-0.15, -0.1) is 11.6 Å². The Morgan fingerprint density at radius 2 is 2.27 bits per heavy atom. The van der Waals surface area contributed by atoms with Gasteiger partial charge in [0.25, 0.3) is 0 Å². The second-order valence-electron chi connectivity index (χ2n) is 3.77. The maximum atomic E-state index is 6.15. The summed E-state index contributed by atoms with van der Waals surface area (Å²) >= 11 is 6.15. The van der Waals surface area contributed by atoms with Gasteiger partial charge < -0.3 is 4.74 Å². The molecule has 0 spiro atoms. The number of halogens is 1. The lowest BCUT2D eigenvalue weighted by Gasteiger charge is -2.28. The second-order valence-corrected chi connectivity index (χ2v) is 4.33. The van der Waals surface area contributed by atoms with Gasteiger partial charge in [0, 0.05) is 12.0 Å². The van der Waals surface area contributed by atoms with Crippen molar-refractivity contribution in [3.63, 3.8) is 0 Å². The van der Waals surface area contributed by atoms with Crippen molar-refractivity contribution in [1.82, 2.24) is 0 Å². The molecule has 1 rings (SSSR count). The van der Waals surface area contributed by atoms with Gasteiger partial charge in [-0.1, -0.05) is 13.8 Å². The van der Waals surface area contributed by atoms with E-state index >= 15 is 0 Å². The number of alkyl halides is 1. The minimum absolute atomic E-state index is 0.353. The van der Waals surface area contributed by atoms with Crippen LogP contribution in [0.15, 0.2) is 0 Å². The third-order valence-corrected chi connectivity index (χ3v) is 2.73. The fraction of sp³-hybridized carbons (Fsp3) is 1.00. The summed E-state index contributed by atoms with van der Waals surface area (Å²) in [5, 5.41) is 0.353. The first-order valence-electron chi connectivity index (χ1n) is 4.42. The van der Waals surface area contributed by atoms with Crippen molar-refractivity contribution in [1.29, 1.82) is 0 Å². The maximum absolute atomic E-state index is 6.15. The third kappa shape index (κ3) is 3.00. The van der Waals surface area contributed by atoms with E-state index in [0.29, 0.717) is 11.3 Å². The predicted molar refractivity (Wildman–Crippen MR) is 48.0 cm³/mol. The molecule has 1 nitrogen and oxygen atoms in total. The Hall–Kier alpha value is 0.250. The molecule has 0 amide bonds. The third-order valence-electron chi connectivity index (χ3n) is 2.16. The van der Waals surface area contributed by atoms with E-state index in [4.69, 9.17) is 16.3 Å². The van der Waals surface area contributed by atoms with Gasteiger partial charge >= 0.3 is 0 Å². The zero-order chi connectivity index (χ0) is 8.27. The molecule has 2 atom stereocenters. The Morgan fingerprint density at radius 3 is 2.82 bits per heavy atom. The van der Waals surface area contributed by atoms with Gasteiger partial charge in [-0.25, -0.2) is 0 Å². The molecule has 0 aromatic carbocycles. The molecule has 1 saturated heterocycles. The highest BCUT2D eigenvalue weighted by Gasteiger charge is 2.23. The normalized spacial score (nSPS) is 32.7. The summed E-state index contributed by atoms with van der Waals surface area (Å²) in [6.45, 7) is 6.19. The second kappa shape index (κ2) is 4.32. The van der Waals surface area contributed by atoms with Crippen LogP contribution in [0.1, 0.15) is 26.7 Å². The Bertz CT molecular complexity index is 114. The number of rotatable bonds is 2. The molecule has 0 aliphatic carbocycles. The van der Waals surface area contributed by atoms with Crippen LogP contribution in [0, 0.1) is 11.8 Å². The van der Waals surface area contributed by atoms with Crippen molar-refractivity contribution in [3.05, 3.63) is 0 Å². The highest BCUT2D eigenvalue weighted by atomic mass is 35.5. The van der Waals surface area contributed by atoms with Crippen molar-refractivity contribution >= 4 is 11.6 Å². The molecule has 0 saturated carbocycles. The van der Waals surface area contributed by atoms with E-state index in [1.54, 1.807) is 0 Å². The van der Waals surface area contributed by atoms with E-state index in [0.717, 1.165) is 25.6 Å². The summed E-state index contributed by atoms with van der Waals surface area (Å²) in [5.74, 6) is 1.33. The molecule has 66 valence electrons. The smallest absolute Gasteiger partial charge is 0.0508 e. The maximum Gasteiger partial charge on any atom is 0.0508 e.